The lowest BCUT2D eigenvalue weighted by molar-refractivity contribution is -0.384. The molecule has 1 fully saturated rings. The minimum Gasteiger partial charge on any atom is -0.368 e. The highest BCUT2D eigenvalue weighted by molar-refractivity contribution is 5.94. The lowest BCUT2D eigenvalue weighted by atomic mass is 10.1. The molecule has 32 heavy (non-hydrogen) atoms. The predicted molar refractivity (Wildman–Crippen MR) is 110 cm³/mol. The van der Waals surface area contributed by atoms with Gasteiger partial charge in [-0.05, 0) is 30.3 Å². The summed E-state index contributed by atoms with van der Waals surface area (Å²) in [6.07, 6.45) is -4.34. The number of nitrogens with one attached hydrogen (secondary N) is 1. The molecule has 0 unspecified atom stereocenters. The van der Waals surface area contributed by atoms with Crippen LogP contribution in [0.5, 0.6) is 0 Å². The third-order valence-electron chi connectivity index (χ3n) is 5.14. The molecule has 2 aromatic rings. The largest absolute Gasteiger partial charge is 0.416 e. The fourth-order valence-corrected chi connectivity index (χ4v) is 3.37. The Hall–Kier alpha value is -3.63. The van der Waals surface area contributed by atoms with Gasteiger partial charge in [0.15, 0.2) is 0 Å². The Labute approximate surface area is 181 Å². The fourth-order valence-electron chi connectivity index (χ4n) is 3.37. The van der Waals surface area contributed by atoms with Crippen LogP contribution in [0.3, 0.4) is 0 Å². The molecule has 0 aromatic heterocycles. The quantitative estimate of drug-likeness (QED) is 0.539. The number of alkyl halides is 3. The predicted octanol–water partition coefficient (Wildman–Crippen LogP) is 3.08. The number of carbonyl (C=O) groups excluding carboxylic acids is 2. The van der Waals surface area contributed by atoms with Crippen LogP contribution in [0, 0.1) is 10.1 Å². The molecular weight excluding hydrogens is 429 g/mol. The first-order valence-corrected chi connectivity index (χ1v) is 9.88. The minimum absolute atomic E-state index is 0.0717. The van der Waals surface area contributed by atoms with Crippen molar-refractivity contribution in [3.05, 3.63) is 69.8 Å². The molecule has 170 valence electrons. The van der Waals surface area contributed by atoms with Crippen LogP contribution in [0.2, 0.25) is 0 Å². The van der Waals surface area contributed by atoms with Crippen LogP contribution in [0.25, 0.3) is 0 Å². The Kier molecular flexibility index (Phi) is 6.96. The monoisotopic (exact) mass is 450 g/mol. The normalized spacial score (nSPS) is 14.2. The summed E-state index contributed by atoms with van der Waals surface area (Å²) in [6, 6.07) is 10.2. The molecule has 1 heterocycles. The summed E-state index contributed by atoms with van der Waals surface area (Å²) in [7, 11) is 0. The van der Waals surface area contributed by atoms with Gasteiger partial charge < -0.3 is 15.1 Å². The van der Waals surface area contributed by atoms with Crippen LogP contribution in [0.1, 0.15) is 22.3 Å². The Morgan fingerprint density at radius 3 is 2.28 bits per heavy atom. The summed E-state index contributed by atoms with van der Waals surface area (Å²) in [4.78, 5) is 38.0. The van der Waals surface area contributed by atoms with E-state index in [2.05, 4.69) is 5.32 Å². The van der Waals surface area contributed by atoms with E-state index in [4.69, 9.17) is 0 Å². The number of hydrogen-bond donors (Lipinski definition) is 1. The summed E-state index contributed by atoms with van der Waals surface area (Å²) in [5.41, 5.74) is -0.127. The van der Waals surface area contributed by atoms with Gasteiger partial charge in [-0.3, -0.25) is 19.7 Å². The summed E-state index contributed by atoms with van der Waals surface area (Å²) < 4.78 is 38.7. The second-order valence-corrected chi connectivity index (χ2v) is 7.23. The molecule has 0 aliphatic carbocycles. The summed E-state index contributed by atoms with van der Waals surface area (Å²) in [5.74, 6) is -0.611. The summed E-state index contributed by atoms with van der Waals surface area (Å²) in [6.45, 7) is 1.64. The van der Waals surface area contributed by atoms with Gasteiger partial charge in [-0.25, -0.2) is 0 Å². The fraction of sp³-hybridized carbons (Fsp3) is 0.333. The van der Waals surface area contributed by atoms with E-state index >= 15 is 0 Å². The first kappa shape index (κ1) is 23.0. The molecule has 1 N–H and O–H groups in total. The van der Waals surface area contributed by atoms with Crippen LogP contribution in [-0.2, 0) is 11.0 Å². The van der Waals surface area contributed by atoms with Crippen molar-refractivity contribution in [1.29, 1.82) is 0 Å². The second-order valence-electron chi connectivity index (χ2n) is 7.23. The molecule has 0 saturated carbocycles. The third kappa shape index (κ3) is 5.74. The van der Waals surface area contributed by atoms with Gasteiger partial charge in [0, 0.05) is 62.5 Å². The van der Waals surface area contributed by atoms with E-state index in [-0.39, 0.29) is 30.1 Å². The molecule has 3 rings (SSSR count). The number of nitrogens with zero attached hydrogens (tertiary/aromatic N) is 3. The van der Waals surface area contributed by atoms with E-state index in [1.807, 2.05) is 0 Å². The topological polar surface area (TPSA) is 95.8 Å². The van der Waals surface area contributed by atoms with Crippen molar-refractivity contribution in [2.75, 3.05) is 37.6 Å². The number of nitro benzene ring substituents is 1. The molecule has 11 heteroatoms. The van der Waals surface area contributed by atoms with E-state index in [0.29, 0.717) is 31.9 Å². The Balaban J connectivity index is 1.45. The van der Waals surface area contributed by atoms with Crippen LogP contribution in [0.4, 0.5) is 24.5 Å². The minimum atomic E-state index is -4.41. The lowest BCUT2D eigenvalue weighted by Gasteiger charge is -2.36. The molecule has 1 aliphatic heterocycles. The van der Waals surface area contributed by atoms with Gasteiger partial charge in [-0.1, -0.05) is 6.07 Å². The van der Waals surface area contributed by atoms with Gasteiger partial charge in [0.1, 0.15) is 0 Å². The first-order valence-electron chi connectivity index (χ1n) is 9.88. The van der Waals surface area contributed by atoms with Crippen molar-refractivity contribution in [1.82, 2.24) is 10.2 Å². The van der Waals surface area contributed by atoms with Gasteiger partial charge in [0.05, 0.1) is 10.5 Å². The van der Waals surface area contributed by atoms with Crippen molar-refractivity contribution in [3.8, 4) is 0 Å². The molecule has 8 nitrogen and oxygen atoms in total. The number of anilines is 1. The molecule has 1 aliphatic rings. The third-order valence-corrected chi connectivity index (χ3v) is 5.14. The molecule has 0 atom stereocenters. The summed E-state index contributed by atoms with van der Waals surface area (Å²) >= 11 is 0. The first-order chi connectivity index (χ1) is 15.1. The Bertz CT molecular complexity index is 987. The molecule has 2 amide bonds. The van der Waals surface area contributed by atoms with Crippen LogP contribution in [-0.4, -0.2) is 54.4 Å². The summed E-state index contributed by atoms with van der Waals surface area (Å²) in [5, 5.41) is 13.2. The maximum absolute atomic E-state index is 12.9. The number of carbonyl (C=O) groups is 2. The maximum Gasteiger partial charge on any atom is 0.416 e. The number of amides is 2. The molecule has 0 spiro atoms. The van der Waals surface area contributed by atoms with Crippen LogP contribution < -0.4 is 10.2 Å². The molecule has 0 bridgehead atoms. The molecular formula is C21H21F3N4O4. The Morgan fingerprint density at radius 1 is 1.03 bits per heavy atom. The Morgan fingerprint density at radius 2 is 1.69 bits per heavy atom. The zero-order valence-corrected chi connectivity index (χ0v) is 17.0. The average Bonchev–Trinajstić information content (AvgIpc) is 2.78. The van der Waals surface area contributed by atoms with E-state index in [1.165, 1.54) is 30.3 Å². The highest BCUT2D eigenvalue weighted by atomic mass is 19.4. The van der Waals surface area contributed by atoms with Crippen LogP contribution >= 0.6 is 0 Å². The number of halogens is 3. The van der Waals surface area contributed by atoms with Gasteiger partial charge >= 0.3 is 6.18 Å². The van der Waals surface area contributed by atoms with Gasteiger partial charge in [0.25, 0.3) is 11.6 Å². The van der Waals surface area contributed by atoms with E-state index in [9.17, 15) is 32.9 Å². The van der Waals surface area contributed by atoms with Gasteiger partial charge in [0.2, 0.25) is 5.91 Å². The average molecular weight is 450 g/mol. The van der Waals surface area contributed by atoms with Gasteiger partial charge in [-0.15, -0.1) is 0 Å². The van der Waals surface area contributed by atoms with Crippen molar-refractivity contribution in [2.24, 2.45) is 0 Å². The molecule has 2 aromatic carbocycles. The number of non-ortho nitro benzene ring substituents is 1. The second kappa shape index (κ2) is 9.67. The zero-order valence-electron chi connectivity index (χ0n) is 17.0. The number of hydrogen-bond acceptors (Lipinski definition) is 5. The van der Waals surface area contributed by atoms with Crippen molar-refractivity contribution >= 4 is 23.2 Å². The highest BCUT2D eigenvalue weighted by Crippen LogP contribution is 2.31. The highest BCUT2D eigenvalue weighted by Gasteiger charge is 2.31. The number of benzene rings is 2. The van der Waals surface area contributed by atoms with Crippen LogP contribution in [0.15, 0.2) is 48.5 Å². The SMILES string of the molecule is O=C(NCCC(=O)N1CCN(c2cccc(C(F)(F)F)c2)CC1)c1ccc([N+](=O)[O-])cc1. The van der Waals surface area contributed by atoms with E-state index in [1.54, 1.807) is 15.9 Å². The molecule has 0 radical (unpaired) electrons. The van der Waals surface area contributed by atoms with Gasteiger partial charge in [-0.2, -0.15) is 13.2 Å². The zero-order chi connectivity index (χ0) is 23.3. The van der Waals surface area contributed by atoms with Crippen molar-refractivity contribution < 1.29 is 27.7 Å². The maximum atomic E-state index is 12.9. The number of piperazine rings is 1. The number of nitro groups is 1. The lowest BCUT2D eigenvalue weighted by Crippen LogP contribution is -2.49. The molecule has 1 saturated heterocycles. The van der Waals surface area contributed by atoms with E-state index in [0.717, 1.165) is 12.1 Å². The smallest absolute Gasteiger partial charge is 0.368 e. The standard InChI is InChI=1S/C21H21F3N4O4/c22-21(23,24)16-2-1-3-18(14-16)26-10-12-27(13-11-26)19(29)8-9-25-20(30)15-4-6-17(7-5-15)28(31)32/h1-7,14H,8-13H2,(H,25,30). The van der Waals surface area contributed by atoms with Crippen molar-refractivity contribution in [2.45, 2.75) is 12.6 Å². The number of rotatable bonds is 6. The van der Waals surface area contributed by atoms with E-state index < -0.39 is 22.6 Å². The van der Waals surface area contributed by atoms with Crippen molar-refractivity contribution in [3.63, 3.8) is 0 Å².